The van der Waals surface area contributed by atoms with Gasteiger partial charge in [0, 0.05) is 36.3 Å². The van der Waals surface area contributed by atoms with Gasteiger partial charge in [0.2, 0.25) is 5.91 Å². The number of halogens is 3. The summed E-state index contributed by atoms with van der Waals surface area (Å²) in [5.41, 5.74) is 7.53. The van der Waals surface area contributed by atoms with E-state index in [2.05, 4.69) is 0 Å². The monoisotopic (exact) mass is 559 g/mol. The number of rotatable bonds is 11. The van der Waals surface area contributed by atoms with Crippen molar-refractivity contribution < 1.29 is 22.6 Å². The van der Waals surface area contributed by atoms with Gasteiger partial charge >= 0.3 is 0 Å². The highest BCUT2D eigenvalue weighted by atomic mass is 35.5. The molecule has 3 aromatic carbocycles. The number of carbonyl (C=O) groups is 2. The van der Waals surface area contributed by atoms with E-state index >= 15 is 0 Å². The van der Waals surface area contributed by atoms with E-state index in [-0.39, 0.29) is 18.9 Å². The van der Waals surface area contributed by atoms with Crippen LogP contribution in [0, 0.1) is 11.6 Å². The number of benzene rings is 3. The summed E-state index contributed by atoms with van der Waals surface area (Å²) in [6, 6.07) is 15.8. The molecule has 0 aliphatic carbocycles. The standard InChI is InChI=1S/C28H28ClF2N3O3S/c29-22-9-11-25(12-10-22)38(37)34(18-19-5-7-21(8-6-19)28(36)33-13-2-14-33)26(27(32)35)4-1-3-20-15-23(30)17-24(31)16-20/h5-12,15-17,26H,1-4,13-14,18H2,(H2,32,35). The number of hydrogen-bond donors (Lipinski definition) is 1. The molecule has 2 atom stereocenters. The average molecular weight is 560 g/mol. The molecular formula is C28H28ClF2N3O3S. The molecule has 38 heavy (non-hydrogen) atoms. The van der Waals surface area contributed by atoms with Crippen molar-refractivity contribution >= 4 is 34.4 Å². The van der Waals surface area contributed by atoms with E-state index < -0.39 is 34.6 Å². The van der Waals surface area contributed by atoms with Gasteiger partial charge in [-0.3, -0.25) is 9.59 Å². The third kappa shape index (κ3) is 7.03. The smallest absolute Gasteiger partial charge is 0.253 e. The van der Waals surface area contributed by atoms with Gasteiger partial charge in [0.25, 0.3) is 5.91 Å². The van der Waals surface area contributed by atoms with E-state index in [4.69, 9.17) is 17.3 Å². The van der Waals surface area contributed by atoms with E-state index in [1.165, 1.54) is 16.4 Å². The Morgan fingerprint density at radius 3 is 2.16 bits per heavy atom. The number of likely N-dealkylation sites (tertiary alicyclic amines) is 1. The van der Waals surface area contributed by atoms with Gasteiger partial charge in [0.15, 0.2) is 0 Å². The largest absolute Gasteiger partial charge is 0.368 e. The van der Waals surface area contributed by atoms with Crippen LogP contribution in [-0.2, 0) is 28.7 Å². The van der Waals surface area contributed by atoms with Gasteiger partial charge in [-0.25, -0.2) is 17.3 Å². The molecule has 2 N–H and O–H groups in total. The Balaban J connectivity index is 1.54. The fourth-order valence-electron chi connectivity index (χ4n) is 4.29. The molecule has 1 saturated heterocycles. The molecular weight excluding hydrogens is 532 g/mol. The SMILES string of the molecule is NC(=O)C(CCCc1cc(F)cc(F)c1)N(Cc1ccc(C(=O)N2CCC2)cc1)S(=O)c1ccc(Cl)cc1. The van der Waals surface area contributed by atoms with Crippen LogP contribution in [0.2, 0.25) is 5.02 Å². The van der Waals surface area contributed by atoms with E-state index in [0.717, 1.165) is 31.1 Å². The number of amides is 2. The highest BCUT2D eigenvalue weighted by molar-refractivity contribution is 7.82. The lowest BCUT2D eigenvalue weighted by atomic mass is 10.0. The van der Waals surface area contributed by atoms with Crippen molar-refractivity contribution in [2.24, 2.45) is 5.73 Å². The van der Waals surface area contributed by atoms with Crippen LogP contribution < -0.4 is 5.73 Å². The minimum absolute atomic E-state index is 0.0341. The zero-order valence-electron chi connectivity index (χ0n) is 20.6. The Hall–Kier alpha value is -3.14. The van der Waals surface area contributed by atoms with Crippen molar-refractivity contribution in [2.45, 2.75) is 43.2 Å². The van der Waals surface area contributed by atoms with Crippen molar-refractivity contribution in [3.63, 3.8) is 0 Å². The summed E-state index contributed by atoms with van der Waals surface area (Å²) in [7, 11) is -1.77. The number of primary amides is 1. The highest BCUT2D eigenvalue weighted by Crippen LogP contribution is 2.23. The zero-order chi connectivity index (χ0) is 27.2. The number of aryl methyl sites for hydroxylation is 1. The summed E-state index contributed by atoms with van der Waals surface area (Å²) in [6.45, 7) is 1.61. The molecule has 1 aliphatic rings. The van der Waals surface area contributed by atoms with Gasteiger partial charge in [-0.15, -0.1) is 0 Å². The molecule has 0 bridgehead atoms. The first-order chi connectivity index (χ1) is 18.2. The predicted octanol–water partition coefficient (Wildman–Crippen LogP) is 4.87. The molecule has 10 heteroatoms. The highest BCUT2D eigenvalue weighted by Gasteiger charge is 2.30. The van der Waals surface area contributed by atoms with Crippen LogP contribution in [-0.4, -0.2) is 44.4 Å². The fraction of sp³-hybridized carbons (Fsp3) is 0.286. The summed E-state index contributed by atoms with van der Waals surface area (Å²) < 4.78 is 42.3. The topological polar surface area (TPSA) is 83.7 Å². The molecule has 0 aromatic heterocycles. The molecule has 4 rings (SSSR count). The summed E-state index contributed by atoms with van der Waals surface area (Å²) in [5, 5.41) is 0.480. The second-order valence-electron chi connectivity index (χ2n) is 9.21. The van der Waals surface area contributed by atoms with Gasteiger partial charge in [0.1, 0.15) is 28.7 Å². The Labute approximate surface area is 228 Å². The Morgan fingerprint density at radius 2 is 1.61 bits per heavy atom. The van der Waals surface area contributed by atoms with E-state index in [9.17, 15) is 22.6 Å². The summed E-state index contributed by atoms with van der Waals surface area (Å²) in [6.07, 6.45) is 1.91. The molecule has 2 unspecified atom stereocenters. The normalized spacial score (nSPS) is 14.7. The first-order valence-electron chi connectivity index (χ1n) is 12.3. The molecule has 1 fully saturated rings. The number of hydrogen-bond acceptors (Lipinski definition) is 3. The first-order valence-corrected chi connectivity index (χ1v) is 13.8. The lowest BCUT2D eigenvalue weighted by molar-refractivity contribution is -0.122. The second-order valence-corrected chi connectivity index (χ2v) is 11.1. The molecule has 6 nitrogen and oxygen atoms in total. The lowest BCUT2D eigenvalue weighted by Crippen LogP contribution is -2.45. The van der Waals surface area contributed by atoms with Crippen molar-refractivity contribution in [1.82, 2.24) is 9.21 Å². The quantitative estimate of drug-likeness (QED) is 0.364. The number of nitrogens with two attached hydrogens (primary N) is 1. The van der Waals surface area contributed by atoms with Crippen LogP contribution in [0.1, 0.15) is 40.7 Å². The minimum atomic E-state index is -1.77. The van der Waals surface area contributed by atoms with Crippen molar-refractivity contribution in [1.29, 1.82) is 0 Å². The van der Waals surface area contributed by atoms with Crippen molar-refractivity contribution in [3.8, 4) is 0 Å². The summed E-state index contributed by atoms with van der Waals surface area (Å²) in [5.74, 6) is -2.04. The Bertz CT molecular complexity index is 1300. The molecule has 0 radical (unpaired) electrons. The van der Waals surface area contributed by atoms with Crippen LogP contribution in [0.3, 0.4) is 0 Å². The summed E-state index contributed by atoms with van der Waals surface area (Å²) in [4.78, 5) is 27.3. The Kier molecular flexibility index (Phi) is 9.25. The predicted molar refractivity (Wildman–Crippen MR) is 143 cm³/mol. The van der Waals surface area contributed by atoms with Gasteiger partial charge in [0.05, 0.1) is 4.90 Å². The van der Waals surface area contributed by atoms with Gasteiger partial charge < -0.3 is 10.6 Å². The molecule has 0 spiro atoms. The van der Waals surface area contributed by atoms with Crippen molar-refractivity contribution in [2.75, 3.05) is 13.1 Å². The van der Waals surface area contributed by atoms with Crippen LogP contribution in [0.5, 0.6) is 0 Å². The number of carbonyl (C=O) groups excluding carboxylic acids is 2. The molecule has 3 aromatic rings. The van der Waals surface area contributed by atoms with Crippen molar-refractivity contribution in [3.05, 3.63) is 100 Å². The third-order valence-electron chi connectivity index (χ3n) is 6.45. The van der Waals surface area contributed by atoms with Crippen LogP contribution >= 0.6 is 11.6 Å². The molecule has 1 heterocycles. The van der Waals surface area contributed by atoms with Gasteiger partial charge in [-0.1, -0.05) is 23.7 Å². The van der Waals surface area contributed by atoms with E-state index in [0.29, 0.717) is 33.9 Å². The Morgan fingerprint density at radius 1 is 0.974 bits per heavy atom. The lowest BCUT2D eigenvalue weighted by Gasteiger charge is -2.31. The fourth-order valence-corrected chi connectivity index (χ4v) is 5.76. The molecule has 1 aliphatic heterocycles. The second kappa shape index (κ2) is 12.6. The van der Waals surface area contributed by atoms with Crippen LogP contribution in [0.15, 0.2) is 71.6 Å². The first kappa shape index (κ1) is 27.9. The van der Waals surface area contributed by atoms with E-state index in [1.54, 1.807) is 53.4 Å². The maximum atomic E-state index is 13.7. The number of nitrogens with zero attached hydrogens (tertiary/aromatic N) is 2. The average Bonchev–Trinajstić information content (AvgIpc) is 2.84. The molecule has 200 valence electrons. The maximum absolute atomic E-state index is 13.7. The van der Waals surface area contributed by atoms with E-state index in [1.807, 2.05) is 0 Å². The van der Waals surface area contributed by atoms with Crippen LogP contribution in [0.25, 0.3) is 0 Å². The van der Waals surface area contributed by atoms with Gasteiger partial charge in [-0.05, 0) is 85.3 Å². The minimum Gasteiger partial charge on any atom is -0.368 e. The van der Waals surface area contributed by atoms with Crippen LogP contribution in [0.4, 0.5) is 8.78 Å². The molecule has 2 amide bonds. The maximum Gasteiger partial charge on any atom is 0.253 e. The summed E-state index contributed by atoms with van der Waals surface area (Å²) >= 11 is 5.99. The third-order valence-corrected chi connectivity index (χ3v) is 8.19. The van der Waals surface area contributed by atoms with Gasteiger partial charge in [-0.2, -0.15) is 0 Å². The molecule has 0 saturated carbocycles. The zero-order valence-corrected chi connectivity index (χ0v) is 22.2.